The molecule has 116 valence electrons. The molecule has 1 saturated heterocycles. The summed E-state index contributed by atoms with van der Waals surface area (Å²) in [5.41, 5.74) is 0.399. The van der Waals surface area contributed by atoms with Gasteiger partial charge in [-0.2, -0.15) is 0 Å². The number of ether oxygens (including phenoxy) is 1. The van der Waals surface area contributed by atoms with Gasteiger partial charge in [0.1, 0.15) is 11.9 Å². The monoisotopic (exact) mass is 310 g/mol. The first-order chi connectivity index (χ1) is 9.76. The van der Waals surface area contributed by atoms with Gasteiger partial charge >= 0.3 is 6.36 Å². The lowest BCUT2D eigenvalue weighted by Crippen LogP contribution is -2.34. The van der Waals surface area contributed by atoms with Crippen molar-refractivity contribution in [3.8, 4) is 5.75 Å². The molecule has 1 unspecified atom stereocenters. The molecule has 0 saturated carbocycles. The van der Waals surface area contributed by atoms with Gasteiger partial charge in [-0.3, -0.25) is 10.1 Å². The summed E-state index contributed by atoms with van der Waals surface area (Å²) < 4.78 is 64.7. The van der Waals surface area contributed by atoms with E-state index < -0.39 is 37.2 Å². The summed E-state index contributed by atoms with van der Waals surface area (Å²) in [6.45, 7) is -0.838. The lowest BCUT2D eigenvalue weighted by atomic mass is 10.1. The van der Waals surface area contributed by atoms with E-state index in [2.05, 4.69) is 10.1 Å². The molecule has 0 spiro atoms. The summed E-state index contributed by atoms with van der Waals surface area (Å²) in [5, 5.41) is 2.73. The molecule has 0 aliphatic carbocycles. The van der Waals surface area contributed by atoms with Crippen LogP contribution in [-0.2, 0) is 4.79 Å². The van der Waals surface area contributed by atoms with Gasteiger partial charge in [0.05, 0.1) is 13.1 Å². The van der Waals surface area contributed by atoms with Gasteiger partial charge in [-0.15, -0.1) is 13.2 Å². The minimum absolute atomic E-state index is 0.0990. The Morgan fingerprint density at radius 3 is 2.43 bits per heavy atom. The molecule has 21 heavy (non-hydrogen) atoms. The van der Waals surface area contributed by atoms with Crippen molar-refractivity contribution in [2.24, 2.45) is 0 Å². The molecular formula is C12H11F5N2O2. The standard InChI is InChI=1S/C12H11F5N2O2/c13-9(14)6-19-10(20)5-18-11(19)7-1-3-8(4-2-7)21-12(15,16)17/h1-4,9,11,18H,5-6H2. The summed E-state index contributed by atoms with van der Waals surface area (Å²) in [5.74, 6) is -0.910. The summed E-state index contributed by atoms with van der Waals surface area (Å²) in [7, 11) is 0. The largest absolute Gasteiger partial charge is 0.573 e. The molecule has 2 rings (SSSR count). The third-order valence-electron chi connectivity index (χ3n) is 2.84. The van der Waals surface area contributed by atoms with E-state index >= 15 is 0 Å². The van der Waals surface area contributed by atoms with Gasteiger partial charge in [-0.25, -0.2) is 8.78 Å². The SMILES string of the molecule is O=C1CNC(c2ccc(OC(F)(F)F)cc2)N1CC(F)F. The molecule has 4 nitrogen and oxygen atoms in total. The van der Waals surface area contributed by atoms with Crippen LogP contribution in [0.15, 0.2) is 24.3 Å². The number of benzene rings is 1. The highest BCUT2D eigenvalue weighted by atomic mass is 19.4. The lowest BCUT2D eigenvalue weighted by Gasteiger charge is -2.24. The second kappa shape index (κ2) is 5.84. The normalized spacial score (nSPS) is 19.4. The van der Waals surface area contributed by atoms with Crippen LogP contribution in [0.1, 0.15) is 11.7 Å². The summed E-state index contributed by atoms with van der Waals surface area (Å²) in [4.78, 5) is 12.5. The van der Waals surface area contributed by atoms with Crippen LogP contribution in [0.25, 0.3) is 0 Å². The van der Waals surface area contributed by atoms with Crippen LogP contribution in [0, 0.1) is 0 Å². The van der Waals surface area contributed by atoms with Crippen LogP contribution in [0.5, 0.6) is 5.75 Å². The van der Waals surface area contributed by atoms with Crippen molar-refractivity contribution in [3.63, 3.8) is 0 Å². The number of carbonyl (C=O) groups is 1. The molecule has 1 aromatic carbocycles. The van der Waals surface area contributed by atoms with Crippen LogP contribution >= 0.6 is 0 Å². The number of nitrogens with zero attached hydrogens (tertiary/aromatic N) is 1. The highest BCUT2D eigenvalue weighted by molar-refractivity contribution is 5.81. The number of hydrogen-bond acceptors (Lipinski definition) is 3. The fourth-order valence-corrected chi connectivity index (χ4v) is 2.05. The maximum atomic E-state index is 12.4. The number of halogens is 5. The van der Waals surface area contributed by atoms with E-state index in [9.17, 15) is 26.7 Å². The van der Waals surface area contributed by atoms with Crippen molar-refractivity contribution in [3.05, 3.63) is 29.8 Å². The fraction of sp³-hybridized carbons (Fsp3) is 0.417. The maximum absolute atomic E-state index is 12.4. The Morgan fingerprint density at radius 2 is 1.90 bits per heavy atom. The molecule has 0 radical (unpaired) electrons. The number of alkyl halides is 5. The molecule has 1 fully saturated rings. The number of nitrogens with one attached hydrogen (secondary N) is 1. The van der Waals surface area contributed by atoms with Gasteiger partial charge in [0.2, 0.25) is 5.91 Å². The average molecular weight is 310 g/mol. The second-order valence-electron chi connectivity index (χ2n) is 4.34. The minimum Gasteiger partial charge on any atom is -0.406 e. The number of carbonyl (C=O) groups excluding carboxylic acids is 1. The molecule has 0 bridgehead atoms. The third kappa shape index (κ3) is 4.03. The molecule has 1 amide bonds. The predicted octanol–water partition coefficient (Wildman–Crippen LogP) is 2.28. The molecule has 1 aromatic rings. The van der Waals surface area contributed by atoms with Crippen molar-refractivity contribution in [2.75, 3.05) is 13.1 Å². The summed E-state index contributed by atoms with van der Waals surface area (Å²) >= 11 is 0. The quantitative estimate of drug-likeness (QED) is 0.868. The maximum Gasteiger partial charge on any atom is 0.573 e. The van der Waals surface area contributed by atoms with E-state index in [1.54, 1.807) is 0 Å². The van der Waals surface area contributed by atoms with E-state index in [0.29, 0.717) is 5.56 Å². The first-order valence-corrected chi connectivity index (χ1v) is 5.93. The number of rotatable bonds is 4. The van der Waals surface area contributed by atoms with Crippen molar-refractivity contribution in [2.45, 2.75) is 19.0 Å². The zero-order valence-corrected chi connectivity index (χ0v) is 10.5. The predicted molar refractivity (Wildman–Crippen MR) is 61.6 cm³/mol. The van der Waals surface area contributed by atoms with Crippen LogP contribution in [0.3, 0.4) is 0 Å². The number of hydrogen-bond donors (Lipinski definition) is 1. The zero-order chi connectivity index (χ0) is 15.6. The van der Waals surface area contributed by atoms with Crippen LogP contribution in [0.4, 0.5) is 22.0 Å². The van der Waals surface area contributed by atoms with Crippen molar-refractivity contribution >= 4 is 5.91 Å². The van der Waals surface area contributed by atoms with Gasteiger partial charge in [-0.1, -0.05) is 12.1 Å². The third-order valence-corrected chi connectivity index (χ3v) is 2.84. The van der Waals surface area contributed by atoms with Crippen molar-refractivity contribution in [1.82, 2.24) is 10.2 Å². The Kier molecular flexibility index (Phi) is 4.31. The zero-order valence-electron chi connectivity index (χ0n) is 10.5. The highest BCUT2D eigenvalue weighted by Gasteiger charge is 2.34. The molecule has 1 aliphatic rings. The summed E-state index contributed by atoms with van der Waals surface area (Å²) in [6.07, 6.45) is -8.28. The molecule has 1 atom stereocenters. The topological polar surface area (TPSA) is 41.6 Å². The van der Waals surface area contributed by atoms with E-state index in [4.69, 9.17) is 0 Å². The first kappa shape index (κ1) is 15.5. The lowest BCUT2D eigenvalue weighted by molar-refractivity contribution is -0.274. The highest BCUT2D eigenvalue weighted by Crippen LogP contribution is 2.27. The average Bonchev–Trinajstić information content (AvgIpc) is 2.70. The Bertz CT molecular complexity index is 503. The van der Waals surface area contributed by atoms with Crippen LogP contribution < -0.4 is 10.1 Å². The van der Waals surface area contributed by atoms with Gasteiger partial charge in [0.15, 0.2) is 0 Å². The Morgan fingerprint density at radius 1 is 1.29 bits per heavy atom. The smallest absolute Gasteiger partial charge is 0.406 e. The van der Waals surface area contributed by atoms with Gasteiger partial charge < -0.3 is 9.64 Å². The molecular weight excluding hydrogens is 299 g/mol. The van der Waals surface area contributed by atoms with Gasteiger partial charge in [-0.05, 0) is 17.7 Å². The van der Waals surface area contributed by atoms with E-state index in [0.717, 1.165) is 17.0 Å². The van der Waals surface area contributed by atoms with Crippen LogP contribution in [0.2, 0.25) is 0 Å². The van der Waals surface area contributed by atoms with Gasteiger partial charge in [0.25, 0.3) is 6.43 Å². The Hall–Kier alpha value is -1.90. The number of amides is 1. The minimum atomic E-state index is -4.80. The molecule has 1 N–H and O–H groups in total. The summed E-state index contributed by atoms with van der Waals surface area (Å²) in [6, 6.07) is 4.70. The van der Waals surface area contributed by atoms with E-state index in [1.165, 1.54) is 12.1 Å². The van der Waals surface area contributed by atoms with E-state index in [1.807, 2.05) is 0 Å². The Balaban J connectivity index is 2.12. The second-order valence-corrected chi connectivity index (χ2v) is 4.34. The molecule has 0 aromatic heterocycles. The molecule has 1 aliphatic heterocycles. The molecule has 9 heteroatoms. The van der Waals surface area contributed by atoms with E-state index in [-0.39, 0.29) is 6.54 Å². The van der Waals surface area contributed by atoms with Gasteiger partial charge in [0, 0.05) is 0 Å². The van der Waals surface area contributed by atoms with Crippen molar-refractivity contribution in [1.29, 1.82) is 0 Å². The van der Waals surface area contributed by atoms with Crippen molar-refractivity contribution < 1.29 is 31.5 Å². The fourth-order valence-electron chi connectivity index (χ4n) is 2.05. The molecule has 1 heterocycles. The van der Waals surface area contributed by atoms with Crippen LogP contribution in [-0.4, -0.2) is 36.7 Å². The first-order valence-electron chi connectivity index (χ1n) is 5.93. The Labute approximate surface area is 116 Å².